The largest absolute Gasteiger partial charge is 0.493 e. The number of nitrogens with two attached hydrogens (primary N) is 1. The number of carbonyl (C=O) groups is 2. The van der Waals surface area contributed by atoms with Crippen LogP contribution in [-0.4, -0.2) is 58.4 Å². The van der Waals surface area contributed by atoms with E-state index in [1.54, 1.807) is 48.5 Å². The van der Waals surface area contributed by atoms with Crippen LogP contribution in [0.15, 0.2) is 54.7 Å². The Hall–Kier alpha value is -4.57. The van der Waals surface area contributed by atoms with Crippen LogP contribution in [0.5, 0.6) is 28.7 Å². The Labute approximate surface area is 227 Å². The van der Waals surface area contributed by atoms with Crippen molar-refractivity contribution in [3.05, 3.63) is 77.1 Å². The van der Waals surface area contributed by atoms with Crippen molar-refractivity contribution < 1.29 is 38.0 Å². The number of benzene rings is 2. The van der Waals surface area contributed by atoms with Crippen LogP contribution in [0.25, 0.3) is 6.08 Å². The second-order valence-electron chi connectivity index (χ2n) is 8.10. The zero-order valence-corrected chi connectivity index (χ0v) is 22.4. The minimum Gasteiger partial charge on any atom is -0.493 e. The number of ketones is 1. The second kappa shape index (κ2) is 14.4. The normalized spacial score (nSPS) is 10.7. The zero-order chi connectivity index (χ0) is 28.2. The van der Waals surface area contributed by atoms with Crippen molar-refractivity contribution in [2.24, 2.45) is 5.73 Å². The Morgan fingerprint density at radius 3 is 2.13 bits per heavy atom. The Morgan fingerprint density at radius 1 is 0.821 bits per heavy atom. The first kappa shape index (κ1) is 29.0. The smallest absolute Gasteiger partial charge is 0.339 e. The van der Waals surface area contributed by atoms with Crippen molar-refractivity contribution in [2.75, 3.05) is 41.7 Å². The molecule has 0 saturated carbocycles. The maximum atomic E-state index is 12.8. The van der Waals surface area contributed by atoms with Gasteiger partial charge < -0.3 is 34.2 Å². The monoisotopic (exact) mass is 536 g/mol. The number of carbonyl (C=O) groups excluding carboxylic acids is 2. The summed E-state index contributed by atoms with van der Waals surface area (Å²) in [6, 6.07) is 11.8. The van der Waals surface area contributed by atoms with E-state index in [1.165, 1.54) is 40.7 Å². The van der Waals surface area contributed by atoms with E-state index < -0.39 is 5.97 Å². The highest BCUT2D eigenvalue weighted by Gasteiger charge is 2.16. The number of aromatic nitrogens is 1. The maximum Gasteiger partial charge on any atom is 0.339 e. The standard InChI is InChI=1S/C29H32N2O8/c1-34-24-11-7-19(6-10-23(32)21-15-26(35-2)28(37-4)27(16-21)36-3)14-25(24)38-12-5-13-39-29(33)20-8-9-22(17-30)31-18-20/h6-11,14-16,18H,5,12-13,17,30H2,1-4H3/b10-6+. The summed E-state index contributed by atoms with van der Waals surface area (Å²) >= 11 is 0. The molecule has 10 nitrogen and oxygen atoms in total. The van der Waals surface area contributed by atoms with E-state index in [4.69, 9.17) is 34.2 Å². The molecule has 3 rings (SSSR count). The number of hydrogen-bond donors (Lipinski definition) is 1. The highest BCUT2D eigenvalue weighted by molar-refractivity contribution is 6.07. The summed E-state index contributed by atoms with van der Waals surface area (Å²) in [4.78, 5) is 29.1. The SMILES string of the molecule is COc1ccc(/C=C/C(=O)c2cc(OC)c(OC)c(OC)c2)cc1OCCCOC(=O)c1ccc(CN)nc1. The molecular weight excluding hydrogens is 504 g/mol. The van der Waals surface area contributed by atoms with Crippen molar-refractivity contribution in [1.29, 1.82) is 0 Å². The first-order valence-corrected chi connectivity index (χ1v) is 12.1. The van der Waals surface area contributed by atoms with Crippen LogP contribution in [0.1, 0.15) is 38.4 Å². The van der Waals surface area contributed by atoms with Crippen LogP contribution in [-0.2, 0) is 11.3 Å². The minimum atomic E-state index is -0.465. The fourth-order valence-corrected chi connectivity index (χ4v) is 3.56. The molecule has 0 aliphatic rings. The van der Waals surface area contributed by atoms with Crippen molar-refractivity contribution in [1.82, 2.24) is 4.98 Å². The predicted octanol–water partition coefficient (Wildman–Crippen LogP) is 4.10. The number of allylic oxidation sites excluding steroid dienone is 1. The van der Waals surface area contributed by atoms with E-state index in [1.807, 2.05) is 0 Å². The molecule has 0 bridgehead atoms. The lowest BCUT2D eigenvalue weighted by Gasteiger charge is -2.13. The van der Waals surface area contributed by atoms with Crippen LogP contribution in [0.4, 0.5) is 0 Å². The van der Waals surface area contributed by atoms with Crippen LogP contribution in [0.2, 0.25) is 0 Å². The van der Waals surface area contributed by atoms with E-state index in [0.717, 1.165) is 5.56 Å². The van der Waals surface area contributed by atoms with Crippen molar-refractivity contribution in [3.63, 3.8) is 0 Å². The molecule has 1 heterocycles. The molecule has 0 saturated heterocycles. The molecule has 0 aliphatic carbocycles. The molecule has 2 N–H and O–H groups in total. The van der Waals surface area contributed by atoms with Gasteiger partial charge in [0.15, 0.2) is 28.8 Å². The zero-order valence-electron chi connectivity index (χ0n) is 22.4. The average Bonchev–Trinajstić information content (AvgIpc) is 2.98. The van der Waals surface area contributed by atoms with Crippen LogP contribution in [0, 0.1) is 0 Å². The second-order valence-corrected chi connectivity index (χ2v) is 8.10. The van der Waals surface area contributed by atoms with Gasteiger partial charge in [-0.25, -0.2) is 4.79 Å². The lowest BCUT2D eigenvalue weighted by molar-refractivity contribution is 0.0485. The van der Waals surface area contributed by atoms with E-state index >= 15 is 0 Å². The molecule has 0 fully saturated rings. The molecule has 0 unspecified atom stereocenters. The average molecular weight is 537 g/mol. The topological polar surface area (TPSA) is 128 Å². The number of rotatable bonds is 14. The summed E-state index contributed by atoms with van der Waals surface area (Å²) in [5, 5.41) is 0. The number of nitrogens with zero attached hydrogens (tertiary/aromatic N) is 1. The number of methoxy groups -OCH3 is 4. The van der Waals surface area contributed by atoms with Gasteiger partial charge in [-0.3, -0.25) is 9.78 Å². The van der Waals surface area contributed by atoms with Gasteiger partial charge in [0.05, 0.1) is 52.9 Å². The van der Waals surface area contributed by atoms with E-state index in [2.05, 4.69) is 4.98 Å². The van der Waals surface area contributed by atoms with Gasteiger partial charge in [0, 0.05) is 24.7 Å². The summed E-state index contributed by atoms with van der Waals surface area (Å²) in [6.07, 6.45) is 5.02. The van der Waals surface area contributed by atoms with Crippen molar-refractivity contribution >= 4 is 17.8 Å². The van der Waals surface area contributed by atoms with E-state index in [-0.39, 0.29) is 19.0 Å². The molecule has 1 aromatic heterocycles. The summed E-state index contributed by atoms with van der Waals surface area (Å²) in [5.74, 6) is 1.50. The molecule has 39 heavy (non-hydrogen) atoms. The molecule has 0 atom stereocenters. The van der Waals surface area contributed by atoms with Crippen molar-refractivity contribution in [2.45, 2.75) is 13.0 Å². The van der Waals surface area contributed by atoms with E-state index in [9.17, 15) is 9.59 Å². The Balaban J connectivity index is 1.59. The molecule has 0 aliphatic heterocycles. The van der Waals surface area contributed by atoms with Crippen LogP contribution in [0.3, 0.4) is 0 Å². The van der Waals surface area contributed by atoms with Gasteiger partial charge in [0.25, 0.3) is 0 Å². The first-order chi connectivity index (χ1) is 18.9. The number of hydrogen-bond acceptors (Lipinski definition) is 10. The third-order valence-electron chi connectivity index (χ3n) is 5.61. The van der Waals surface area contributed by atoms with Gasteiger partial charge in [0.2, 0.25) is 5.75 Å². The van der Waals surface area contributed by atoms with Crippen molar-refractivity contribution in [3.8, 4) is 28.7 Å². The molecule has 0 radical (unpaired) electrons. The van der Waals surface area contributed by atoms with Gasteiger partial charge in [-0.1, -0.05) is 12.1 Å². The molecule has 3 aromatic rings. The third-order valence-corrected chi connectivity index (χ3v) is 5.61. The molecule has 0 spiro atoms. The summed E-state index contributed by atoms with van der Waals surface area (Å²) in [6.45, 7) is 0.755. The minimum absolute atomic E-state index is 0.169. The Morgan fingerprint density at radius 2 is 1.54 bits per heavy atom. The fraction of sp³-hybridized carbons (Fsp3) is 0.276. The Bertz CT molecular complexity index is 1280. The number of pyridine rings is 1. The van der Waals surface area contributed by atoms with Gasteiger partial charge in [-0.05, 0) is 48.0 Å². The van der Waals surface area contributed by atoms with Gasteiger partial charge in [0.1, 0.15) is 0 Å². The highest BCUT2D eigenvalue weighted by Crippen LogP contribution is 2.38. The summed E-state index contributed by atoms with van der Waals surface area (Å²) < 4.78 is 32.5. The molecule has 0 amide bonds. The fourth-order valence-electron chi connectivity index (χ4n) is 3.56. The van der Waals surface area contributed by atoms with Crippen LogP contribution < -0.4 is 29.4 Å². The molecule has 10 heteroatoms. The highest BCUT2D eigenvalue weighted by atomic mass is 16.5. The Kier molecular flexibility index (Phi) is 10.7. The van der Waals surface area contributed by atoms with Gasteiger partial charge >= 0.3 is 5.97 Å². The lowest BCUT2D eigenvalue weighted by atomic mass is 10.1. The summed E-state index contributed by atoms with van der Waals surface area (Å²) in [7, 11) is 6.02. The number of esters is 1. The van der Waals surface area contributed by atoms with Crippen LogP contribution >= 0.6 is 0 Å². The molecule has 206 valence electrons. The van der Waals surface area contributed by atoms with Gasteiger partial charge in [-0.2, -0.15) is 0 Å². The summed E-state index contributed by atoms with van der Waals surface area (Å²) in [5.41, 5.74) is 7.67. The third kappa shape index (κ3) is 7.71. The predicted molar refractivity (Wildman–Crippen MR) is 145 cm³/mol. The quantitative estimate of drug-likeness (QED) is 0.139. The first-order valence-electron chi connectivity index (χ1n) is 12.1. The maximum absolute atomic E-state index is 12.8. The molecule has 2 aromatic carbocycles. The molecular formula is C29H32N2O8. The van der Waals surface area contributed by atoms with Gasteiger partial charge in [-0.15, -0.1) is 0 Å². The van der Waals surface area contributed by atoms with E-state index in [0.29, 0.717) is 58.5 Å². The lowest BCUT2D eigenvalue weighted by Crippen LogP contribution is -2.10. The number of ether oxygens (including phenoxy) is 6.